The van der Waals surface area contributed by atoms with Gasteiger partial charge in [0.05, 0.1) is 0 Å². The fourth-order valence-electron chi connectivity index (χ4n) is 1.56. The van der Waals surface area contributed by atoms with Crippen LogP contribution in [0.25, 0.3) is 0 Å². The molecule has 0 rings (SSSR count). The van der Waals surface area contributed by atoms with E-state index in [1.807, 2.05) is 0 Å². The Bertz CT molecular complexity index is 115. The van der Waals surface area contributed by atoms with Crippen molar-refractivity contribution in [2.75, 3.05) is 26.7 Å². The van der Waals surface area contributed by atoms with Gasteiger partial charge >= 0.3 is 0 Å². The molecule has 1 unspecified atom stereocenters. The van der Waals surface area contributed by atoms with Crippen LogP contribution in [-0.4, -0.2) is 37.6 Å². The monoisotopic (exact) mass is 200 g/mol. The third-order valence-electron chi connectivity index (χ3n) is 2.65. The van der Waals surface area contributed by atoms with Crippen molar-refractivity contribution >= 4 is 0 Å². The van der Waals surface area contributed by atoms with E-state index in [0.29, 0.717) is 6.04 Å². The molecule has 14 heavy (non-hydrogen) atoms. The summed E-state index contributed by atoms with van der Waals surface area (Å²) in [4.78, 5) is 2.35. The number of nitrogens with zero attached hydrogens (tertiary/aromatic N) is 1. The highest BCUT2D eigenvalue weighted by molar-refractivity contribution is 4.64. The molecule has 0 amide bonds. The van der Waals surface area contributed by atoms with E-state index in [9.17, 15) is 0 Å². The molecule has 0 aliphatic rings. The van der Waals surface area contributed by atoms with Gasteiger partial charge in [0, 0.05) is 12.6 Å². The van der Waals surface area contributed by atoms with Crippen LogP contribution in [0.4, 0.5) is 0 Å². The zero-order valence-corrected chi connectivity index (χ0v) is 10.5. The van der Waals surface area contributed by atoms with E-state index < -0.39 is 0 Å². The molecule has 0 bridgehead atoms. The number of hydrogen-bond acceptors (Lipinski definition) is 2. The average molecular weight is 200 g/mol. The summed E-state index contributed by atoms with van der Waals surface area (Å²) in [5, 5.41) is 3.57. The highest BCUT2D eigenvalue weighted by Crippen LogP contribution is 1.97. The summed E-state index contributed by atoms with van der Waals surface area (Å²) in [6.07, 6.45) is 5.41. The molecule has 0 heterocycles. The Morgan fingerprint density at radius 2 is 1.86 bits per heavy atom. The van der Waals surface area contributed by atoms with Crippen LogP contribution in [0.1, 0.15) is 46.5 Å². The molecule has 0 aromatic carbocycles. The largest absolute Gasteiger partial charge is 0.313 e. The standard InChI is InChI=1S/C12H28N2/c1-5-7-8-9-10-13-12(3)11-14(4)6-2/h12-13H,5-11H2,1-4H3. The van der Waals surface area contributed by atoms with E-state index in [4.69, 9.17) is 0 Å². The predicted molar refractivity (Wildman–Crippen MR) is 64.8 cm³/mol. The van der Waals surface area contributed by atoms with E-state index in [1.165, 1.54) is 32.2 Å². The molecule has 86 valence electrons. The smallest absolute Gasteiger partial charge is 0.0166 e. The molecule has 0 spiro atoms. The average Bonchev–Trinajstić information content (AvgIpc) is 2.17. The third kappa shape index (κ3) is 8.52. The van der Waals surface area contributed by atoms with Gasteiger partial charge in [-0.2, -0.15) is 0 Å². The molecule has 0 fully saturated rings. The van der Waals surface area contributed by atoms with Crippen molar-refractivity contribution in [2.24, 2.45) is 0 Å². The number of likely N-dealkylation sites (N-methyl/N-ethyl adjacent to an activating group) is 1. The predicted octanol–water partition coefficient (Wildman–Crippen LogP) is 2.50. The van der Waals surface area contributed by atoms with Gasteiger partial charge in [0.15, 0.2) is 0 Å². The second-order valence-electron chi connectivity index (χ2n) is 4.27. The fourth-order valence-corrected chi connectivity index (χ4v) is 1.56. The van der Waals surface area contributed by atoms with Crippen molar-refractivity contribution in [2.45, 2.75) is 52.5 Å². The molecule has 0 radical (unpaired) electrons. The highest BCUT2D eigenvalue weighted by Gasteiger charge is 2.02. The first-order valence-corrected chi connectivity index (χ1v) is 6.12. The molecular weight excluding hydrogens is 172 g/mol. The summed E-state index contributed by atoms with van der Waals surface area (Å²) in [7, 11) is 2.18. The summed E-state index contributed by atoms with van der Waals surface area (Å²) in [5.41, 5.74) is 0. The molecular formula is C12H28N2. The molecule has 0 saturated carbocycles. The third-order valence-corrected chi connectivity index (χ3v) is 2.65. The molecule has 1 atom stereocenters. The van der Waals surface area contributed by atoms with Gasteiger partial charge in [-0.05, 0) is 33.5 Å². The maximum Gasteiger partial charge on any atom is 0.0166 e. The van der Waals surface area contributed by atoms with E-state index in [0.717, 1.165) is 13.1 Å². The van der Waals surface area contributed by atoms with Gasteiger partial charge in [-0.25, -0.2) is 0 Å². The molecule has 0 saturated heterocycles. The number of nitrogens with one attached hydrogen (secondary N) is 1. The molecule has 0 aromatic heterocycles. The second-order valence-corrected chi connectivity index (χ2v) is 4.27. The van der Waals surface area contributed by atoms with Crippen molar-refractivity contribution in [3.8, 4) is 0 Å². The van der Waals surface area contributed by atoms with Gasteiger partial charge in [-0.1, -0.05) is 33.1 Å². The summed E-state index contributed by atoms with van der Waals surface area (Å²) >= 11 is 0. The van der Waals surface area contributed by atoms with Gasteiger partial charge in [-0.15, -0.1) is 0 Å². The van der Waals surface area contributed by atoms with Gasteiger partial charge in [0.2, 0.25) is 0 Å². The van der Waals surface area contributed by atoms with Crippen LogP contribution < -0.4 is 5.32 Å². The minimum Gasteiger partial charge on any atom is -0.313 e. The van der Waals surface area contributed by atoms with E-state index >= 15 is 0 Å². The lowest BCUT2D eigenvalue weighted by Gasteiger charge is -2.20. The molecule has 1 N–H and O–H groups in total. The van der Waals surface area contributed by atoms with Gasteiger partial charge in [-0.3, -0.25) is 0 Å². The first-order valence-electron chi connectivity index (χ1n) is 6.12. The van der Waals surface area contributed by atoms with Crippen molar-refractivity contribution in [1.82, 2.24) is 10.2 Å². The van der Waals surface area contributed by atoms with Crippen LogP contribution in [-0.2, 0) is 0 Å². The van der Waals surface area contributed by atoms with Crippen molar-refractivity contribution in [3.63, 3.8) is 0 Å². The molecule has 0 aliphatic carbocycles. The SMILES string of the molecule is CCCCCCNC(C)CN(C)CC. The first kappa shape index (κ1) is 13.9. The Morgan fingerprint density at radius 1 is 1.14 bits per heavy atom. The van der Waals surface area contributed by atoms with Crippen LogP contribution in [0, 0.1) is 0 Å². The first-order chi connectivity index (χ1) is 6.70. The van der Waals surface area contributed by atoms with Crippen molar-refractivity contribution in [1.29, 1.82) is 0 Å². The lowest BCUT2D eigenvalue weighted by Crippen LogP contribution is -2.37. The minimum atomic E-state index is 0.626. The number of rotatable bonds is 9. The van der Waals surface area contributed by atoms with Gasteiger partial charge in [0.25, 0.3) is 0 Å². The van der Waals surface area contributed by atoms with Gasteiger partial charge in [0.1, 0.15) is 0 Å². The van der Waals surface area contributed by atoms with Crippen LogP contribution in [0.15, 0.2) is 0 Å². The summed E-state index contributed by atoms with van der Waals surface area (Å²) < 4.78 is 0. The normalized spacial score (nSPS) is 13.5. The molecule has 2 heteroatoms. The fraction of sp³-hybridized carbons (Fsp3) is 1.00. The van der Waals surface area contributed by atoms with Crippen molar-refractivity contribution in [3.05, 3.63) is 0 Å². The van der Waals surface area contributed by atoms with E-state index in [2.05, 4.69) is 38.0 Å². The number of hydrogen-bond donors (Lipinski definition) is 1. The zero-order valence-electron chi connectivity index (χ0n) is 10.5. The summed E-state index contributed by atoms with van der Waals surface area (Å²) in [6.45, 7) is 10.2. The molecule has 2 nitrogen and oxygen atoms in total. The Morgan fingerprint density at radius 3 is 2.43 bits per heavy atom. The molecule has 0 aliphatic heterocycles. The Balaban J connectivity index is 3.22. The van der Waals surface area contributed by atoms with Crippen LogP contribution in [0.2, 0.25) is 0 Å². The molecule has 0 aromatic rings. The zero-order chi connectivity index (χ0) is 10.8. The maximum atomic E-state index is 3.57. The maximum absolute atomic E-state index is 3.57. The Labute approximate surface area is 90.1 Å². The Kier molecular flexibility index (Phi) is 9.42. The minimum absolute atomic E-state index is 0.626. The second kappa shape index (κ2) is 9.47. The van der Waals surface area contributed by atoms with Crippen LogP contribution in [0.3, 0.4) is 0 Å². The quantitative estimate of drug-likeness (QED) is 0.575. The topological polar surface area (TPSA) is 15.3 Å². The highest BCUT2D eigenvalue weighted by atomic mass is 15.1. The lowest BCUT2D eigenvalue weighted by atomic mass is 10.2. The van der Waals surface area contributed by atoms with E-state index in [-0.39, 0.29) is 0 Å². The van der Waals surface area contributed by atoms with E-state index in [1.54, 1.807) is 0 Å². The van der Waals surface area contributed by atoms with Crippen molar-refractivity contribution < 1.29 is 0 Å². The summed E-state index contributed by atoms with van der Waals surface area (Å²) in [5.74, 6) is 0. The summed E-state index contributed by atoms with van der Waals surface area (Å²) in [6, 6.07) is 0.626. The van der Waals surface area contributed by atoms with Gasteiger partial charge < -0.3 is 10.2 Å². The number of unbranched alkanes of at least 4 members (excludes halogenated alkanes) is 3. The lowest BCUT2D eigenvalue weighted by molar-refractivity contribution is 0.309. The Hall–Kier alpha value is -0.0800. The van der Waals surface area contributed by atoms with Crippen LogP contribution >= 0.6 is 0 Å². The van der Waals surface area contributed by atoms with Crippen LogP contribution in [0.5, 0.6) is 0 Å².